The van der Waals surface area contributed by atoms with Crippen LogP contribution in [0.1, 0.15) is 84.9 Å². The van der Waals surface area contributed by atoms with E-state index in [0.717, 1.165) is 18.4 Å². The van der Waals surface area contributed by atoms with Crippen molar-refractivity contribution < 1.29 is 24.4 Å². The van der Waals surface area contributed by atoms with Gasteiger partial charge in [0, 0.05) is 11.1 Å². The number of ether oxygens (including phenoxy) is 1. The molecule has 0 bridgehead atoms. The minimum atomic E-state index is -1.09. The molecule has 0 atom stereocenters. The Morgan fingerprint density at radius 1 is 1.06 bits per heavy atom. The van der Waals surface area contributed by atoms with Gasteiger partial charge in [0.15, 0.2) is 5.78 Å². The average Bonchev–Trinajstić information content (AvgIpc) is 2.70. The van der Waals surface area contributed by atoms with Gasteiger partial charge in [0.2, 0.25) is 5.75 Å². The first kappa shape index (κ1) is 22.5. The van der Waals surface area contributed by atoms with Crippen molar-refractivity contribution in [3.63, 3.8) is 0 Å². The molecule has 2 aromatic rings. The lowest BCUT2D eigenvalue weighted by molar-refractivity contribution is -0.387. The van der Waals surface area contributed by atoms with E-state index in [1.807, 2.05) is 27.7 Å². The van der Waals surface area contributed by atoms with Crippen molar-refractivity contribution in [2.45, 2.75) is 58.3 Å². The molecular weight excluding hydrogens is 398 g/mol. The summed E-state index contributed by atoms with van der Waals surface area (Å²) in [6, 6.07) is 7.26. The number of carbonyl (C=O) groups is 2. The number of ketones is 1. The second kappa shape index (κ2) is 7.80. The van der Waals surface area contributed by atoms with Gasteiger partial charge in [0.05, 0.1) is 22.7 Å². The third kappa shape index (κ3) is 3.92. The number of nitrogens with zero attached hydrogens (tertiary/aromatic N) is 1. The first-order valence-electron chi connectivity index (χ1n) is 10.3. The Balaban J connectivity index is 2.32. The molecule has 7 nitrogen and oxygen atoms in total. The fraction of sp³-hybridized carbons (Fsp3) is 0.417. The second-order valence-corrected chi connectivity index (χ2v) is 9.19. The molecule has 2 aromatic carbocycles. The quantitative estimate of drug-likeness (QED) is 0.384. The van der Waals surface area contributed by atoms with E-state index in [-0.39, 0.29) is 40.1 Å². The number of nitro groups is 1. The third-order valence-electron chi connectivity index (χ3n) is 6.15. The summed E-state index contributed by atoms with van der Waals surface area (Å²) in [6.45, 7) is 9.91. The van der Waals surface area contributed by atoms with Crippen LogP contribution in [0.3, 0.4) is 0 Å². The molecule has 0 fully saturated rings. The van der Waals surface area contributed by atoms with Crippen molar-refractivity contribution in [3.05, 3.63) is 68.3 Å². The zero-order valence-corrected chi connectivity index (χ0v) is 18.4. The maximum absolute atomic E-state index is 13.4. The molecule has 0 aliphatic heterocycles. The standard InChI is InChI=1S/C24H27NO6/c1-6-31-21-16(20(26)14-7-9-15(10-8-14)22(27)28)13-17-18(19(21)25(29)30)24(4,5)12-11-23(17,2)3/h7-10,13H,6,11-12H2,1-5H3,(H,27,28). The number of aromatic carboxylic acids is 1. The Labute approximate surface area is 181 Å². The minimum Gasteiger partial charge on any atom is -0.487 e. The van der Waals surface area contributed by atoms with Crippen LogP contribution in [-0.2, 0) is 10.8 Å². The van der Waals surface area contributed by atoms with Gasteiger partial charge in [-0.1, -0.05) is 39.8 Å². The van der Waals surface area contributed by atoms with Gasteiger partial charge in [0.1, 0.15) is 0 Å². The lowest BCUT2D eigenvalue weighted by Gasteiger charge is -2.41. The molecule has 0 unspecified atom stereocenters. The molecule has 1 aliphatic rings. The van der Waals surface area contributed by atoms with E-state index >= 15 is 0 Å². The Morgan fingerprint density at radius 2 is 1.61 bits per heavy atom. The largest absolute Gasteiger partial charge is 0.487 e. The van der Waals surface area contributed by atoms with Crippen molar-refractivity contribution in [1.82, 2.24) is 0 Å². The number of fused-ring (bicyclic) bond motifs is 1. The maximum Gasteiger partial charge on any atom is 0.335 e. The number of carboxylic acid groups (broad SMARTS) is 1. The molecule has 0 radical (unpaired) electrons. The van der Waals surface area contributed by atoms with E-state index in [1.165, 1.54) is 24.3 Å². The molecule has 1 aliphatic carbocycles. The number of carbonyl (C=O) groups excluding carboxylic acids is 1. The lowest BCUT2D eigenvalue weighted by atomic mass is 9.62. The topological polar surface area (TPSA) is 107 Å². The zero-order chi connectivity index (χ0) is 23.1. The van der Waals surface area contributed by atoms with Crippen molar-refractivity contribution in [1.29, 1.82) is 0 Å². The number of carboxylic acids is 1. The SMILES string of the molecule is CCOc1c(C(=O)c2ccc(C(=O)O)cc2)cc2c(c1[N+](=O)[O-])C(C)(C)CCC2(C)C. The summed E-state index contributed by atoms with van der Waals surface area (Å²) < 4.78 is 5.71. The lowest BCUT2D eigenvalue weighted by Crippen LogP contribution is -2.35. The Hall–Kier alpha value is -3.22. The van der Waals surface area contributed by atoms with Gasteiger partial charge in [-0.05, 0) is 54.4 Å². The number of benzene rings is 2. The van der Waals surface area contributed by atoms with Gasteiger partial charge < -0.3 is 9.84 Å². The molecule has 0 aromatic heterocycles. The van der Waals surface area contributed by atoms with Crippen LogP contribution in [0.4, 0.5) is 5.69 Å². The molecule has 1 N–H and O–H groups in total. The Morgan fingerprint density at radius 3 is 2.13 bits per heavy atom. The molecule has 0 saturated heterocycles. The molecule has 0 saturated carbocycles. The third-order valence-corrected chi connectivity index (χ3v) is 6.15. The first-order valence-corrected chi connectivity index (χ1v) is 10.3. The molecule has 0 heterocycles. The monoisotopic (exact) mass is 425 g/mol. The summed E-state index contributed by atoms with van der Waals surface area (Å²) in [7, 11) is 0. The van der Waals surface area contributed by atoms with Crippen LogP contribution in [-0.4, -0.2) is 28.4 Å². The molecule has 0 spiro atoms. The summed E-state index contributed by atoms with van der Waals surface area (Å²) in [4.78, 5) is 36.3. The number of hydrogen-bond acceptors (Lipinski definition) is 5. The normalized spacial score (nSPS) is 16.3. The minimum absolute atomic E-state index is 0.0238. The smallest absolute Gasteiger partial charge is 0.335 e. The molecule has 3 rings (SSSR count). The van der Waals surface area contributed by atoms with Crippen LogP contribution in [0.2, 0.25) is 0 Å². The van der Waals surface area contributed by atoms with Crippen molar-refractivity contribution >= 4 is 17.4 Å². The fourth-order valence-corrected chi connectivity index (χ4v) is 4.31. The predicted octanol–water partition coefficient (Wildman–Crippen LogP) is 5.27. The van der Waals surface area contributed by atoms with Crippen LogP contribution >= 0.6 is 0 Å². The zero-order valence-electron chi connectivity index (χ0n) is 18.4. The van der Waals surface area contributed by atoms with Crippen LogP contribution in [0.25, 0.3) is 0 Å². The summed E-state index contributed by atoms with van der Waals surface area (Å²) in [5, 5.41) is 21.3. The van der Waals surface area contributed by atoms with E-state index < -0.39 is 22.1 Å². The van der Waals surface area contributed by atoms with Gasteiger partial charge in [-0.3, -0.25) is 14.9 Å². The Bertz CT molecular complexity index is 1070. The molecule has 7 heteroatoms. The van der Waals surface area contributed by atoms with Gasteiger partial charge in [-0.15, -0.1) is 0 Å². The van der Waals surface area contributed by atoms with Crippen molar-refractivity contribution in [2.75, 3.05) is 6.61 Å². The van der Waals surface area contributed by atoms with Gasteiger partial charge in [-0.25, -0.2) is 4.79 Å². The summed E-state index contributed by atoms with van der Waals surface area (Å²) in [6.07, 6.45) is 1.61. The predicted molar refractivity (Wildman–Crippen MR) is 116 cm³/mol. The van der Waals surface area contributed by atoms with Gasteiger partial charge in [-0.2, -0.15) is 0 Å². The van der Waals surface area contributed by atoms with Crippen LogP contribution in [0.5, 0.6) is 5.75 Å². The second-order valence-electron chi connectivity index (χ2n) is 9.19. The summed E-state index contributed by atoms with van der Waals surface area (Å²) in [5.74, 6) is -1.56. The maximum atomic E-state index is 13.4. The number of hydrogen-bond donors (Lipinski definition) is 1. The molecule has 31 heavy (non-hydrogen) atoms. The van der Waals surface area contributed by atoms with Crippen LogP contribution in [0, 0.1) is 10.1 Å². The molecular formula is C24H27NO6. The number of nitro benzene ring substituents is 1. The van der Waals surface area contributed by atoms with E-state index in [9.17, 15) is 19.7 Å². The molecule has 164 valence electrons. The van der Waals surface area contributed by atoms with E-state index in [2.05, 4.69) is 0 Å². The molecule has 0 amide bonds. The van der Waals surface area contributed by atoms with Crippen molar-refractivity contribution in [2.24, 2.45) is 0 Å². The van der Waals surface area contributed by atoms with Crippen LogP contribution < -0.4 is 4.74 Å². The highest BCUT2D eigenvalue weighted by molar-refractivity contribution is 6.12. The fourth-order valence-electron chi connectivity index (χ4n) is 4.31. The van der Waals surface area contributed by atoms with E-state index in [4.69, 9.17) is 9.84 Å². The highest BCUT2D eigenvalue weighted by Gasteiger charge is 2.45. The van der Waals surface area contributed by atoms with E-state index in [1.54, 1.807) is 13.0 Å². The van der Waals surface area contributed by atoms with Crippen LogP contribution in [0.15, 0.2) is 30.3 Å². The van der Waals surface area contributed by atoms with Gasteiger partial charge >= 0.3 is 11.7 Å². The van der Waals surface area contributed by atoms with Crippen molar-refractivity contribution in [3.8, 4) is 5.75 Å². The number of rotatable bonds is 6. The average molecular weight is 425 g/mol. The highest BCUT2D eigenvalue weighted by atomic mass is 16.6. The summed E-state index contributed by atoms with van der Waals surface area (Å²) >= 11 is 0. The summed E-state index contributed by atoms with van der Waals surface area (Å²) in [5.41, 5.74) is 0.893. The van der Waals surface area contributed by atoms with Gasteiger partial charge in [0.25, 0.3) is 0 Å². The Kier molecular flexibility index (Phi) is 5.65. The first-order chi connectivity index (χ1) is 14.4. The van der Waals surface area contributed by atoms with E-state index in [0.29, 0.717) is 5.56 Å². The highest BCUT2D eigenvalue weighted by Crippen LogP contribution is 2.53.